The Balaban J connectivity index is 0.00000196. The Hall–Kier alpha value is -2.11. The highest BCUT2D eigenvalue weighted by Gasteiger charge is 2.38. The van der Waals surface area contributed by atoms with Gasteiger partial charge in [-0.25, -0.2) is 0 Å². The van der Waals surface area contributed by atoms with Gasteiger partial charge in [-0.05, 0) is 48.7 Å². The average molecular weight is 378 g/mol. The number of aromatic hydroxyl groups is 1. The number of halogens is 1. The molecule has 0 saturated heterocycles. The first-order valence-electron chi connectivity index (χ1n) is 8.47. The van der Waals surface area contributed by atoms with Crippen LogP contribution in [-0.2, 0) is 12.8 Å². The van der Waals surface area contributed by atoms with Crippen LogP contribution in [0.3, 0.4) is 0 Å². The van der Waals surface area contributed by atoms with Crippen LogP contribution in [0.25, 0.3) is 11.1 Å². The minimum absolute atomic E-state index is 0. The van der Waals surface area contributed by atoms with Crippen molar-refractivity contribution < 1.29 is 19.3 Å². The lowest BCUT2D eigenvalue weighted by atomic mass is 9.76. The largest absolute Gasteiger partial charge is 0.504 e. The molecule has 0 bridgehead atoms. The molecule has 0 unspecified atom stereocenters. The summed E-state index contributed by atoms with van der Waals surface area (Å²) in [6.45, 7) is 1.00. The summed E-state index contributed by atoms with van der Waals surface area (Å²) < 4.78 is 16.7. The van der Waals surface area contributed by atoms with Gasteiger partial charge in [0.15, 0.2) is 23.0 Å². The molecular formula is C20H24ClNO4. The molecule has 2 aromatic carbocycles. The van der Waals surface area contributed by atoms with Crippen molar-refractivity contribution in [2.45, 2.75) is 18.9 Å². The van der Waals surface area contributed by atoms with Crippen molar-refractivity contribution in [3.8, 4) is 34.1 Å². The normalized spacial score (nSPS) is 17.6. The highest BCUT2D eigenvalue weighted by atomic mass is 35.5. The molecule has 1 heterocycles. The summed E-state index contributed by atoms with van der Waals surface area (Å²) in [5.74, 6) is 2.01. The smallest absolute Gasteiger partial charge is 0.169 e. The predicted molar refractivity (Wildman–Crippen MR) is 103 cm³/mol. The van der Waals surface area contributed by atoms with Crippen LogP contribution < -0.4 is 14.2 Å². The molecule has 140 valence electrons. The summed E-state index contributed by atoms with van der Waals surface area (Å²) in [5.41, 5.74) is 5.34. The molecule has 5 nitrogen and oxygen atoms in total. The van der Waals surface area contributed by atoms with Gasteiger partial charge in [0.05, 0.1) is 21.3 Å². The number of ether oxygens (including phenoxy) is 3. The van der Waals surface area contributed by atoms with E-state index in [4.69, 9.17) is 14.2 Å². The van der Waals surface area contributed by atoms with E-state index in [-0.39, 0.29) is 24.2 Å². The van der Waals surface area contributed by atoms with Crippen LogP contribution in [0.5, 0.6) is 23.0 Å². The van der Waals surface area contributed by atoms with Gasteiger partial charge in [-0.15, -0.1) is 12.4 Å². The van der Waals surface area contributed by atoms with E-state index in [1.54, 1.807) is 21.3 Å². The van der Waals surface area contributed by atoms with Crippen molar-refractivity contribution in [2.75, 3.05) is 34.9 Å². The Morgan fingerprint density at radius 1 is 1.00 bits per heavy atom. The number of benzene rings is 2. The molecule has 1 N–H and O–H groups in total. The van der Waals surface area contributed by atoms with Gasteiger partial charge in [0.2, 0.25) is 0 Å². The summed E-state index contributed by atoms with van der Waals surface area (Å²) in [6, 6.07) is 6.23. The molecule has 0 fully saturated rings. The molecule has 0 spiro atoms. The van der Waals surface area contributed by atoms with Gasteiger partial charge in [0, 0.05) is 23.7 Å². The van der Waals surface area contributed by atoms with Gasteiger partial charge >= 0.3 is 0 Å². The summed E-state index contributed by atoms with van der Waals surface area (Å²) in [7, 11) is 7.02. The Bertz CT molecular complexity index is 852. The third-order valence-electron chi connectivity index (χ3n) is 5.51. The molecule has 1 aliphatic heterocycles. The summed E-state index contributed by atoms with van der Waals surface area (Å²) in [4.78, 5) is 2.38. The molecule has 4 rings (SSSR count). The first-order chi connectivity index (χ1) is 12.1. The molecule has 0 radical (unpaired) electrons. The van der Waals surface area contributed by atoms with E-state index in [1.165, 1.54) is 11.1 Å². The van der Waals surface area contributed by atoms with Crippen molar-refractivity contribution in [3.05, 3.63) is 34.9 Å². The maximum atomic E-state index is 10.9. The Morgan fingerprint density at radius 2 is 1.73 bits per heavy atom. The fourth-order valence-corrected chi connectivity index (χ4v) is 4.26. The zero-order chi connectivity index (χ0) is 17.7. The van der Waals surface area contributed by atoms with Gasteiger partial charge in [0.25, 0.3) is 0 Å². The molecule has 2 aliphatic rings. The Kier molecular flexibility index (Phi) is 4.95. The third kappa shape index (κ3) is 2.49. The first-order valence-corrected chi connectivity index (χ1v) is 8.47. The number of methoxy groups -OCH3 is 3. The van der Waals surface area contributed by atoms with Crippen molar-refractivity contribution >= 4 is 12.4 Å². The van der Waals surface area contributed by atoms with Crippen LogP contribution in [0.4, 0.5) is 0 Å². The van der Waals surface area contributed by atoms with Gasteiger partial charge in [-0.3, -0.25) is 4.90 Å². The van der Waals surface area contributed by atoms with Crippen LogP contribution in [0.2, 0.25) is 0 Å². The quantitative estimate of drug-likeness (QED) is 0.885. The highest BCUT2D eigenvalue weighted by Crippen LogP contribution is 2.55. The molecule has 1 aliphatic carbocycles. The first kappa shape index (κ1) is 18.7. The maximum Gasteiger partial charge on any atom is 0.169 e. The molecule has 26 heavy (non-hydrogen) atoms. The number of nitrogens with zero attached hydrogens (tertiary/aromatic N) is 1. The minimum atomic E-state index is 0. The lowest BCUT2D eigenvalue weighted by molar-refractivity contribution is 0.226. The summed E-state index contributed by atoms with van der Waals surface area (Å²) in [6.07, 6.45) is 1.81. The zero-order valence-corrected chi connectivity index (χ0v) is 16.3. The molecule has 1 atom stereocenters. The summed E-state index contributed by atoms with van der Waals surface area (Å²) >= 11 is 0. The number of hydrogen-bond acceptors (Lipinski definition) is 5. The molecule has 0 saturated carbocycles. The number of rotatable bonds is 3. The van der Waals surface area contributed by atoms with Gasteiger partial charge < -0.3 is 19.3 Å². The lowest BCUT2D eigenvalue weighted by Gasteiger charge is -2.40. The zero-order valence-electron chi connectivity index (χ0n) is 15.5. The minimum Gasteiger partial charge on any atom is -0.504 e. The number of likely N-dealkylation sites (N-methyl/N-ethyl adjacent to an activating group) is 1. The van der Waals surface area contributed by atoms with E-state index in [9.17, 15) is 5.11 Å². The molecule has 0 aromatic heterocycles. The van der Waals surface area contributed by atoms with Gasteiger partial charge in [-0.1, -0.05) is 6.07 Å². The summed E-state index contributed by atoms with van der Waals surface area (Å²) in [5, 5.41) is 10.9. The number of phenols is 1. The Labute approximate surface area is 159 Å². The second-order valence-corrected chi connectivity index (χ2v) is 6.66. The fourth-order valence-electron chi connectivity index (χ4n) is 4.26. The van der Waals surface area contributed by atoms with E-state index < -0.39 is 0 Å². The second-order valence-electron chi connectivity index (χ2n) is 6.66. The standard InChI is InChI=1S/C20H23NO4.ClH/c1-21-8-7-12-10-15(24-3)20(25-4)18-16(12)13(21)9-11-5-6-14(23-2)19(22)17(11)18;/h5-6,10,13,22H,7-9H2,1-4H3;1H/t13-;/m0./s1. The highest BCUT2D eigenvalue weighted by molar-refractivity contribution is 5.88. The van der Waals surface area contributed by atoms with Crippen molar-refractivity contribution in [2.24, 2.45) is 0 Å². The molecule has 2 aromatic rings. The monoisotopic (exact) mass is 377 g/mol. The number of fused-ring (bicyclic) bond motifs is 2. The van der Waals surface area contributed by atoms with E-state index >= 15 is 0 Å². The fraction of sp³-hybridized carbons (Fsp3) is 0.400. The van der Waals surface area contributed by atoms with Crippen LogP contribution in [0.1, 0.15) is 22.7 Å². The van der Waals surface area contributed by atoms with Crippen LogP contribution >= 0.6 is 12.4 Å². The molecular weight excluding hydrogens is 354 g/mol. The van der Waals surface area contributed by atoms with Crippen molar-refractivity contribution in [1.82, 2.24) is 4.90 Å². The topological polar surface area (TPSA) is 51.2 Å². The molecule has 0 amide bonds. The number of hydrogen-bond donors (Lipinski definition) is 1. The Morgan fingerprint density at radius 3 is 2.38 bits per heavy atom. The van der Waals surface area contributed by atoms with Gasteiger partial charge in [-0.2, -0.15) is 0 Å². The van der Waals surface area contributed by atoms with E-state index in [0.717, 1.165) is 36.1 Å². The van der Waals surface area contributed by atoms with E-state index in [0.29, 0.717) is 17.2 Å². The average Bonchev–Trinajstić information content (AvgIpc) is 2.63. The van der Waals surface area contributed by atoms with E-state index in [2.05, 4.69) is 18.0 Å². The van der Waals surface area contributed by atoms with Crippen molar-refractivity contribution in [1.29, 1.82) is 0 Å². The third-order valence-corrected chi connectivity index (χ3v) is 5.51. The SMILES string of the molecule is COc1ccc2c(c1O)-c1c(OC)c(OC)cc3c1[C@H](C2)N(C)CC3.Cl. The van der Waals surface area contributed by atoms with Crippen LogP contribution in [0.15, 0.2) is 18.2 Å². The molecule has 6 heteroatoms. The van der Waals surface area contributed by atoms with Crippen LogP contribution in [0, 0.1) is 0 Å². The second kappa shape index (κ2) is 6.89. The van der Waals surface area contributed by atoms with Crippen molar-refractivity contribution in [3.63, 3.8) is 0 Å². The van der Waals surface area contributed by atoms with E-state index in [1.807, 2.05) is 12.1 Å². The lowest BCUT2D eigenvalue weighted by Crippen LogP contribution is -2.35. The predicted octanol–water partition coefficient (Wildman–Crippen LogP) is 3.59. The van der Waals surface area contributed by atoms with Crippen LogP contribution in [-0.4, -0.2) is 44.9 Å². The van der Waals surface area contributed by atoms with Gasteiger partial charge in [0.1, 0.15) is 0 Å². The maximum absolute atomic E-state index is 10.9. The number of phenolic OH excluding ortho intramolecular Hbond substituents is 1.